The van der Waals surface area contributed by atoms with Crippen LogP contribution < -0.4 is 16.3 Å². The molecule has 134 valence electrons. The largest absolute Gasteiger partial charge is 0.347 e. The van der Waals surface area contributed by atoms with Crippen molar-refractivity contribution in [2.75, 3.05) is 18.4 Å². The van der Waals surface area contributed by atoms with Gasteiger partial charge in [0.1, 0.15) is 0 Å². The monoisotopic (exact) mass is 362 g/mol. The van der Waals surface area contributed by atoms with Crippen molar-refractivity contribution in [3.05, 3.63) is 58.8 Å². The highest BCUT2D eigenvalue weighted by atomic mass is 35.5. The van der Waals surface area contributed by atoms with Crippen molar-refractivity contribution in [2.45, 2.75) is 25.8 Å². The molecule has 7 heteroatoms. The first-order chi connectivity index (χ1) is 11.7. The van der Waals surface area contributed by atoms with Crippen molar-refractivity contribution in [2.24, 2.45) is 5.92 Å². The number of nitrogens with one attached hydrogen (secondary N) is 2. The lowest BCUT2D eigenvalue weighted by Gasteiger charge is -2.10. The smallest absolute Gasteiger partial charge is 0.326 e. The Hall–Kier alpha value is -2.18. The Balaban J connectivity index is 0.00000225. The highest BCUT2D eigenvalue weighted by molar-refractivity contribution is 5.90. The fourth-order valence-electron chi connectivity index (χ4n) is 2.97. The van der Waals surface area contributed by atoms with Crippen LogP contribution in [0.5, 0.6) is 0 Å². The number of nitrogens with zero attached hydrogens (tertiary/aromatic N) is 2. The van der Waals surface area contributed by atoms with Gasteiger partial charge in [-0.25, -0.2) is 9.78 Å². The lowest BCUT2D eigenvalue weighted by atomic mass is 10.0. The maximum atomic E-state index is 12.1. The molecule has 1 aliphatic rings. The predicted octanol–water partition coefficient (Wildman–Crippen LogP) is 2.04. The van der Waals surface area contributed by atoms with E-state index in [9.17, 15) is 9.59 Å². The van der Waals surface area contributed by atoms with Crippen molar-refractivity contribution in [1.82, 2.24) is 14.9 Å². The third-order valence-corrected chi connectivity index (χ3v) is 4.29. The van der Waals surface area contributed by atoms with Gasteiger partial charge >= 0.3 is 5.69 Å². The molecule has 2 aromatic rings. The van der Waals surface area contributed by atoms with Crippen molar-refractivity contribution < 1.29 is 4.79 Å². The third-order valence-electron chi connectivity index (χ3n) is 4.29. The molecule has 2 N–H and O–H groups in total. The Morgan fingerprint density at radius 3 is 3.00 bits per heavy atom. The average molecular weight is 363 g/mol. The second-order valence-electron chi connectivity index (χ2n) is 6.18. The number of halogens is 1. The van der Waals surface area contributed by atoms with Gasteiger partial charge in [0, 0.05) is 24.5 Å². The van der Waals surface area contributed by atoms with Crippen LogP contribution in [0.1, 0.15) is 24.8 Å². The number of carbonyl (C=O) groups excluding carboxylic acids is 1. The molecule has 0 radical (unpaired) electrons. The van der Waals surface area contributed by atoms with Crippen LogP contribution in [-0.4, -0.2) is 28.5 Å². The highest BCUT2D eigenvalue weighted by Crippen LogP contribution is 2.16. The summed E-state index contributed by atoms with van der Waals surface area (Å²) in [6.07, 6.45) is 5.80. The Morgan fingerprint density at radius 1 is 1.36 bits per heavy atom. The van der Waals surface area contributed by atoms with Gasteiger partial charge in [-0.15, -0.1) is 12.4 Å². The number of hydrogen-bond donors (Lipinski definition) is 2. The van der Waals surface area contributed by atoms with E-state index >= 15 is 0 Å². The molecule has 1 aromatic carbocycles. The van der Waals surface area contributed by atoms with Gasteiger partial charge in [0.05, 0.1) is 6.54 Å². The number of rotatable bonds is 6. The summed E-state index contributed by atoms with van der Waals surface area (Å²) < 4.78 is 1.54. The van der Waals surface area contributed by atoms with Gasteiger partial charge < -0.3 is 10.6 Å². The molecule has 1 aromatic heterocycles. The highest BCUT2D eigenvalue weighted by Gasteiger charge is 2.15. The zero-order valence-corrected chi connectivity index (χ0v) is 14.8. The summed E-state index contributed by atoms with van der Waals surface area (Å²) in [7, 11) is 0. The molecule has 1 aliphatic heterocycles. The van der Waals surface area contributed by atoms with Gasteiger partial charge in [0.2, 0.25) is 5.91 Å². The summed E-state index contributed by atoms with van der Waals surface area (Å²) >= 11 is 0. The van der Waals surface area contributed by atoms with E-state index in [1.807, 2.05) is 24.3 Å². The second kappa shape index (κ2) is 9.34. The quantitative estimate of drug-likeness (QED) is 0.824. The van der Waals surface area contributed by atoms with Crippen LogP contribution in [0.15, 0.2) is 47.5 Å². The number of amides is 1. The molecule has 0 spiro atoms. The van der Waals surface area contributed by atoms with Crippen LogP contribution in [0.3, 0.4) is 0 Å². The van der Waals surface area contributed by atoms with Crippen molar-refractivity contribution in [3.8, 4) is 0 Å². The zero-order chi connectivity index (χ0) is 16.8. The summed E-state index contributed by atoms with van der Waals surface area (Å²) in [4.78, 5) is 27.5. The van der Waals surface area contributed by atoms with Crippen molar-refractivity contribution in [3.63, 3.8) is 0 Å². The van der Waals surface area contributed by atoms with E-state index < -0.39 is 0 Å². The van der Waals surface area contributed by atoms with Gasteiger partial charge in [0.25, 0.3) is 0 Å². The van der Waals surface area contributed by atoms with E-state index in [4.69, 9.17) is 0 Å². The summed E-state index contributed by atoms with van der Waals surface area (Å²) in [6, 6.07) is 9.30. The Kier molecular flexibility index (Phi) is 7.16. The molecule has 1 fully saturated rings. The van der Waals surface area contributed by atoms with Crippen molar-refractivity contribution >= 4 is 24.0 Å². The number of anilines is 1. The molecule has 1 saturated heterocycles. The third kappa shape index (κ3) is 5.69. The van der Waals surface area contributed by atoms with E-state index in [0.717, 1.165) is 37.2 Å². The van der Waals surface area contributed by atoms with E-state index in [-0.39, 0.29) is 24.0 Å². The fraction of sp³-hybridized carbons (Fsp3) is 0.389. The molecule has 3 rings (SSSR count). The molecule has 0 aliphatic carbocycles. The topological polar surface area (TPSA) is 76.0 Å². The molecular formula is C18H23ClN4O2. The minimum atomic E-state index is -0.280. The lowest BCUT2D eigenvalue weighted by Crippen LogP contribution is -2.22. The van der Waals surface area contributed by atoms with E-state index in [1.54, 1.807) is 12.3 Å². The molecule has 1 amide bonds. The number of benzene rings is 1. The molecule has 6 nitrogen and oxygen atoms in total. The second-order valence-corrected chi connectivity index (χ2v) is 6.18. The minimum absolute atomic E-state index is 0. The van der Waals surface area contributed by atoms with Gasteiger partial charge in [-0.1, -0.05) is 12.1 Å². The number of carbonyl (C=O) groups is 1. The van der Waals surface area contributed by atoms with Crippen LogP contribution in [-0.2, 0) is 11.3 Å². The zero-order valence-electron chi connectivity index (χ0n) is 14.0. The molecule has 0 bridgehead atoms. The Morgan fingerprint density at radius 2 is 2.24 bits per heavy atom. The molecule has 2 heterocycles. The maximum Gasteiger partial charge on any atom is 0.347 e. The van der Waals surface area contributed by atoms with Gasteiger partial charge in [0.15, 0.2) is 0 Å². The fourth-order valence-corrected chi connectivity index (χ4v) is 2.97. The number of aromatic nitrogens is 2. The normalized spacial score (nSPS) is 16.2. The van der Waals surface area contributed by atoms with E-state index in [2.05, 4.69) is 15.6 Å². The van der Waals surface area contributed by atoms with Crippen LogP contribution in [0.4, 0.5) is 5.69 Å². The molecule has 0 saturated carbocycles. The standard InChI is InChI=1S/C18H22N4O2.ClH/c23-17(6-5-14-7-9-19-12-14)21-16-4-1-3-15(11-16)13-22-10-2-8-20-18(22)24;/h1-4,8,10-11,14,19H,5-7,9,12-13H2,(H,21,23);1H. The van der Waals surface area contributed by atoms with Crippen molar-refractivity contribution in [1.29, 1.82) is 0 Å². The van der Waals surface area contributed by atoms with Crippen LogP contribution >= 0.6 is 12.4 Å². The van der Waals surface area contributed by atoms with Crippen LogP contribution in [0, 0.1) is 5.92 Å². The molecule has 1 atom stereocenters. The van der Waals surface area contributed by atoms with E-state index in [0.29, 0.717) is 18.9 Å². The predicted molar refractivity (Wildman–Crippen MR) is 100 cm³/mol. The molecule has 25 heavy (non-hydrogen) atoms. The first-order valence-corrected chi connectivity index (χ1v) is 8.32. The summed E-state index contributed by atoms with van der Waals surface area (Å²) in [5, 5.41) is 6.26. The Labute approximate surface area is 153 Å². The molecule has 1 unspecified atom stereocenters. The number of hydrogen-bond acceptors (Lipinski definition) is 4. The first-order valence-electron chi connectivity index (χ1n) is 8.32. The summed E-state index contributed by atoms with van der Waals surface area (Å²) in [6.45, 7) is 2.51. The summed E-state index contributed by atoms with van der Waals surface area (Å²) in [5.74, 6) is 0.650. The van der Waals surface area contributed by atoms with Gasteiger partial charge in [-0.2, -0.15) is 0 Å². The molecular weight excluding hydrogens is 340 g/mol. The van der Waals surface area contributed by atoms with E-state index in [1.165, 1.54) is 10.8 Å². The van der Waals surface area contributed by atoms with Gasteiger partial charge in [-0.3, -0.25) is 9.36 Å². The average Bonchev–Trinajstić information content (AvgIpc) is 3.09. The van der Waals surface area contributed by atoms with Crippen LogP contribution in [0.25, 0.3) is 0 Å². The first kappa shape index (κ1) is 19.1. The van der Waals surface area contributed by atoms with Gasteiger partial charge in [-0.05, 0) is 55.6 Å². The Bertz CT molecular complexity index is 756. The lowest BCUT2D eigenvalue weighted by molar-refractivity contribution is -0.116. The van der Waals surface area contributed by atoms with Crippen LogP contribution in [0.2, 0.25) is 0 Å². The maximum absolute atomic E-state index is 12.1. The summed E-state index contributed by atoms with van der Waals surface area (Å²) in [5.41, 5.74) is 1.43. The SMILES string of the molecule is Cl.O=C(CCC1CCNC1)Nc1cccc(Cn2cccnc2=O)c1. The minimum Gasteiger partial charge on any atom is -0.326 e.